The number of hydrogen-bond donors (Lipinski definition) is 2. The average molecular weight is 306 g/mol. The molecule has 5 heteroatoms. The standard InChI is InChI=1S/C16H22N2O2S/c19-15(14-6-2-1-3-7-14)11-21-12-16(20)18-10-13-5-4-8-17-9-13/h1-3,6-7,13,17H,4-5,8-12H2,(H,18,20). The Morgan fingerprint density at radius 2 is 2.05 bits per heavy atom. The van der Waals surface area contributed by atoms with Gasteiger partial charge in [-0.25, -0.2) is 0 Å². The Morgan fingerprint density at radius 1 is 1.24 bits per heavy atom. The number of carbonyl (C=O) groups excluding carboxylic acids is 2. The maximum Gasteiger partial charge on any atom is 0.230 e. The average Bonchev–Trinajstić information content (AvgIpc) is 2.54. The quantitative estimate of drug-likeness (QED) is 0.753. The highest BCUT2D eigenvalue weighted by Gasteiger charge is 2.14. The fraction of sp³-hybridized carbons (Fsp3) is 0.500. The largest absolute Gasteiger partial charge is 0.355 e. The summed E-state index contributed by atoms with van der Waals surface area (Å²) >= 11 is 1.37. The van der Waals surface area contributed by atoms with Gasteiger partial charge in [0, 0.05) is 12.1 Å². The minimum atomic E-state index is 0.0198. The molecule has 0 aliphatic carbocycles. The van der Waals surface area contributed by atoms with Gasteiger partial charge < -0.3 is 10.6 Å². The van der Waals surface area contributed by atoms with Crippen molar-refractivity contribution in [1.82, 2.24) is 10.6 Å². The Balaban J connectivity index is 1.59. The fourth-order valence-electron chi connectivity index (χ4n) is 2.35. The molecule has 2 N–H and O–H groups in total. The first kappa shape index (κ1) is 16.0. The van der Waals surface area contributed by atoms with Gasteiger partial charge in [-0.05, 0) is 31.8 Å². The Labute approximate surface area is 130 Å². The topological polar surface area (TPSA) is 58.2 Å². The molecule has 0 saturated carbocycles. The molecule has 0 bridgehead atoms. The summed E-state index contributed by atoms with van der Waals surface area (Å²) in [5.41, 5.74) is 0.707. The Morgan fingerprint density at radius 3 is 2.76 bits per heavy atom. The van der Waals surface area contributed by atoms with E-state index in [4.69, 9.17) is 0 Å². The van der Waals surface area contributed by atoms with Crippen molar-refractivity contribution in [3.8, 4) is 0 Å². The van der Waals surface area contributed by atoms with Crippen LogP contribution in [0.5, 0.6) is 0 Å². The molecular formula is C16H22N2O2S. The highest BCUT2D eigenvalue weighted by atomic mass is 32.2. The van der Waals surface area contributed by atoms with Gasteiger partial charge in [-0.1, -0.05) is 30.3 Å². The smallest absolute Gasteiger partial charge is 0.230 e. The molecule has 1 heterocycles. The lowest BCUT2D eigenvalue weighted by Crippen LogP contribution is -2.38. The fourth-order valence-corrected chi connectivity index (χ4v) is 3.09. The van der Waals surface area contributed by atoms with Crippen LogP contribution < -0.4 is 10.6 Å². The van der Waals surface area contributed by atoms with Gasteiger partial charge >= 0.3 is 0 Å². The zero-order chi connectivity index (χ0) is 14.9. The van der Waals surface area contributed by atoms with Crippen LogP contribution in [-0.4, -0.2) is 42.8 Å². The number of nitrogens with one attached hydrogen (secondary N) is 2. The van der Waals surface area contributed by atoms with Gasteiger partial charge in [-0.15, -0.1) is 11.8 Å². The first-order chi connectivity index (χ1) is 10.3. The summed E-state index contributed by atoms with van der Waals surface area (Å²) in [4.78, 5) is 23.6. The molecule has 1 amide bonds. The van der Waals surface area contributed by atoms with E-state index in [1.165, 1.54) is 24.6 Å². The molecule has 1 aromatic rings. The summed E-state index contributed by atoms with van der Waals surface area (Å²) in [7, 11) is 0. The van der Waals surface area contributed by atoms with Crippen LogP contribution >= 0.6 is 11.8 Å². The monoisotopic (exact) mass is 306 g/mol. The first-order valence-corrected chi connectivity index (χ1v) is 8.54. The number of benzene rings is 1. The number of thioether (sulfide) groups is 1. The molecule has 0 radical (unpaired) electrons. The summed E-state index contributed by atoms with van der Waals surface area (Å²) in [5.74, 6) is 1.33. The molecule has 114 valence electrons. The normalized spacial score (nSPS) is 18.2. The predicted octanol–water partition coefficient (Wildman–Crippen LogP) is 1.72. The van der Waals surface area contributed by atoms with E-state index in [-0.39, 0.29) is 11.7 Å². The summed E-state index contributed by atoms with van der Waals surface area (Å²) in [6, 6.07) is 9.20. The summed E-state index contributed by atoms with van der Waals surface area (Å²) in [6.45, 7) is 2.81. The third-order valence-electron chi connectivity index (χ3n) is 3.55. The van der Waals surface area contributed by atoms with Crippen molar-refractivity contribution < 1.29 is 9.59 Å². The summed E-state index contributed by atoms with van der Waals surface area (Å²) in [5, 5.41) is 6.29. The summed E-state index contributed by atoms with van der Waals surface area (Å²) in [6.07, 6.45) is 2.35. The molecule has 0 spiro atoms. The molecule has 1 saturated heterocycles. The predicted molar refractivity (Wildman–Crippen MR) is 86.7 cm³/mol. The first-order valence-electron chi connectivity index (χ1n) is 7.39. The van der Waals surface area contributed by atoms with Gasteiger partial charge in [0.25, 0.3) is 0 Å². The zero-order valence-electron chi connectivity index (χ0n) is 12.1. The highest BCUT2D eigenvalue weighted by molar-refractivity contribution is 8.00. The minimum Gasteiger partial charge on any atom is -0.355 e. The van der Waals surface area contributed by atoms with Crippen molar-refractivity contribution in [1.29, 1.82) is 0 Å². The van der Waals surface area contributed by atoms with Crippen molar-refractivity contribution in [2.24, 2.45) is 5.92 Å². The second kappa shape index (κ2) is 8.85. The van der Waals surface area contributed by atoms with E-state index in [9.17, 15) is 9.59 Å². The van der Waals surface area contributed by atoms with Crippen LogP contribution in [0.25, 0.3) is 0 Å². The number of rotatable bonds is 7. The molecule has 1 fully saturated rings. The maximum absolute atomic E-state index is 11.9. The third-order valence-corrected chi connectivity index (χ3v) is 4.48. The zero-order valence-corrected chi connectivity index (χ0v) is 13.0. The van der Waals surface area contributed by atoms with Crippen LogP contribution in [0, 0.1) is 5.92 Å². The molecule has 1 atom stereocenters. The van der Waals surface area contributed by atoms with Crippen molar-refractivity contribution in [2.45, 2.75) is 12.8 Å². The molecule has 2 rings (SSSR count). The van der Waals surface area contributed by atoms with Crippen LogP contribution in [0.15, 0.2) is 30.3 Å². The van der Waals surface area contributed by atoms with Crippen molar-refractivity contribution in [2.75, 3.05) is 31.1 Å². The van der Waals surface area contributed by atoms with Gasteiger partial charge in [-0.3, -0.25) is 9.59 Å². The lowest BCUT2D eigenvalue weighted by atomic mass is 10.00. The van der Waals surface area contributed by atoms with Gasteiger partial charge in [-0.2, -0.15) is 0 Å². The van der Waals surface area contributed by atoms with Crippen LogP contribution in [0.3, 0.4) is 0 Å². The van der Waals surface area contributed by atoms with Crippen molar-refractivity contribution in [3.63, 3.8) is 0 Å². The van der Waals surface area contributed by atoms with Gasteiger partial charge in [0.1, 0.15) is 0 Å². The number of hydrogen-bond acceptors (Lipinski definition) is 4. The Hall–Kier alpha value is -1.33. The van der Waals surface area contributed by atoms with E-state index in [2.05, 4.69) is 10.6 Å². The number of piperidine rings is 1. The number of amides is 1. The van der Waals surface area contributed by atoms with E-state index in [0.29, 0.717) is 23.0 Å². The van der Waals surface area contributed by atoms with Crippen LogP contribution in [0.2, 0.25) is 0 Å². The van der Waals surface area contributed by atoms with E-state index < -0.39 is 0 Å². The molecule has 1 aliphatic heterocycles. The SMILES string of the molecule is O=C(CSCC(=O)c1ccccc1)NCC1CCCNC1. The van der Waals surface area contributed by atoms with Crippen LogP contribution in [0.4, 0.5) is 0 Å². The molecular weight excluding hydrogens is 284 g/mol. The van der Waals surface area contributed by atoms with E-state index in [0.717, 1.165) is 19.6 Å². The number of Topliss-reactive ketones (excluding diaryl/α,β-unsaturated/α-hetero) is 1. The minimum absolute atomic E-state index is 0.0198. The van der Waals surface area contributed by atoms with Crippen LogP contribution in [-0.2, 0) is 4.79 Å². The second-order valence-corrected chi connectivity index (χ2v) is 6.28. The Kier molecular flexibility index (Phi) is 6.76. The van der Waals surface area contributed by atoms with E-state index >= 15 is 0 Å². The van der Waals surface area contributed by atoms with Gasteiger partial charge in [0.05, 0.1) is 11.5 Å². The highest BCUT2D eigenvalue weighted by Crippen LogP contribution is 2.09. The third kappa shape index (κ3) is 5.89. The molecule has 4 nitrogen and oxygen atoms in total. The van der Waals surface area contributed by atoms with E-state index in [1.54, 1.807) is 12.1 Å². The van der Waals surface area contributed by atoms with Gasteiger partial charge in [0.2, 0.25) is 5.91 Å². The number of carbonyl (C=O) groups is 2. The Bertz CT molecular complexity index is 459. The molecule has 21 heavy (non-hydrogen) atoms. The molecule has 1 unspecified atom stereocenters. The summed E-state index contributed by atoms with van der Waals surface area (Å²) < 4.78 is 0. The maximum atomic E-state index is 11.9. The second-order valence-electron chi connectivity index (χ2n) is 5.30. The molecule has 1 aliphatic rings. The van der Waals surface area contributed by atoms with Gasteiger partial charge in [0.15, 0.2) is 5.78 Å². The van der Waals surface area contributed by atoms with Crippen LogP contribution in [0.1, 0.15) is 23.2 Å². The lowest BCUT2D eigenvalue weighted by molar-refractivity contribution is -0.118. The number of ketones is 1. The molecule has 1 aromatic carbocycles. The van der Waals surface area contributed by atoms with Crippen molar-refractivity contribution in [3.05, 3.63) is 35.9 Å². The molecule has 0 aromatic heterocycles. The lowest BCUT2D eigenvalue weighted by Gasteiger charge is -2.22. The van der Waals surface area contributed by atoms with E-state index in [1.807, 2.05) is 18.2 Å². The van der Waals surface area contributed by atoms with Crippen molar-refractivity contribution >= 4 is 23.5 Å².